The van der Waals surface area contributed by atoms with E-state index in [-0.39, 0.29) is 29.5 Å². The van der Waals surface area contributed by atoms with E-state index in [2.05, 4.69) is 0 Å². The lowest BCUT2D eigenvalue weighted by Gasteiger charge is -2.56. The molecule has 4 rings (SSSR count). The van der Waals surface area contributed by atoms with Gasteiger partial charge in [-0.1, -0.05) is 0 Å². The highest BCUT2D eigenvalue weighted by atomic mass is 32.2. The van der Waals surface area contributed by atoms with E-state index in [4.69, 9.17) is 0 Å². The molecule has 114 valence electrons. The highest BCUT2D eigenvalue weighted by molar-refractivity contribution is 7.86. The second kappa shape index (κ2) is 4.22. The van der Waals surface area contributed by atoms with Crippen molar-refractivity contribution >= 4 is 15.9 Å². The summed E-state index contributed by atoms with van der Waals surface area (Å²) in [5, 5.41) is -4.19. The molecule has 4 aliphatic rings. The second-order valence-electron chi connectivity index (χ2n) is 6.84. The number of rotatable bonds is 4. The predicted molar refractivity (Wildman–Crippen MR) is 64.9 cm³/mol. The van der Waals surface area contributed by atoms with Crippen molar-refractivity contribution < 1.29 is 26.5 Å². The highest BCUT2D eigenvalue weighted by Crippen LogP contribution is 2.60. The van der Waals surface area contributed by atoms with E-state index in [1.165, 1.54) is 0 Å². The molecule has 4 fully saturated rings. The van der Waals surface area contributed by atoms with E-state index in [1.807, 2.05) is 0 Å². The molecule has 0 aromatic rings. The molecule has 4 aliphatic carbocycles. The largest absolute Gasteiger partial charge is 0.743 e. The summed E-state index contributed by atoms with van der Waals surface area (Å²) in [4.78, 5) is 12.0. The summed E-state index contributed by atoms with van der Waals surface area (Å²) in [6.07, 6.45) is 2.79. The fourth-order valence-corrected chi connectivity index (χ4v) is 5.10. The lowest BCUT2D eigenvalue weighted by atomic mass is 9.48. The van der Waals surface area contributed by atoms with Gasteiger partial charge in [0.05, 0.1) is 0 Å². The summed E-state index contributed by atoms with van der Waals surface area (Å²) < 4.78 is 58.3. The van der Waals surface area contributed by atoms with Crippen LogP contribution in [-0.4, -0.2) is 24.0 Å². The maximum atomic E-state index is 13.3. The zero-order valence-electron chi connectivity index (χ0n) is 11.0. The number of halogens is 2. The minimum absolute atomic E-state index is 0.0260. The molecule has 0 amide bonds. The molecule has 0 aromatic heterocycles. The maximum absolute atomic E-state index is 13.3. The Morgan fingerprint density at radius 3 is 2.25 bits per heavy atom. The van der Waals surface area contributed by atoms with Crippen molar-refractivity contribution in [1.29, 1.82) is 0 Å². The Kier molecular flexibility index (Phi) is 3.04. The number of Topliss-reactive ketones (excluding diaryl/α,β-unsaturated/α-hetero) is 1. The number of carbonyl (C=O) groups excluding carboxylic acids is 1. The Morgan fingerprint density at radius 2 is 1.75 bits per heavy atom. The topological polar surface area (TPSA) is 74.3 Å². The van der Waals surface area contributed by atoms with Gasteiger partial charge in [-0.05, 0) is 49.9 Å². The number of alkyl halides is 2. The molecule has 0 radical (unpaired) electrons. The molecule has 0 spiro atoms. The first-order chi connectivity index (χ1) is 9.12. The summed E-state index contributed by atoms with van der Waals surface area (Å²) in [5.41, 5.74) is -0.349. The van der Waals surface area contributed by atoms with E-state index in [0.717, 1.165) is 19.3 Å². The van der Waals surface area contributed by atoms with E-state index < -0.39 is 21.8 Å². The van der Waals surface area contributed by atoms with Crippen molar-refractivity contribution in [2.24, 2.45) is 23.2 Å². The third kappa shape index (κ3) is 2.19. The predicted octanol–water partition coefficient (Wildman–Crippen LogP) is 2.30. The van der Waals surface area contributed by atoms with Gasteiger partial charge in [0.1, 0.15) is 5.78 Å². The van der Waals surface area contributed by atoms with Gasteiger partial charge in [-0.2, -0.15) is 8.78 Å². The van der Waals surface area contributed by atoms with Gasteiger partial charge in [0.25, 0.3) is 0 Å². The Bertz CT molecular complexity index is 525. The minimum Gasteiger partial charge on any atom is -0.743 e. The van der Waals surface area contributed by atoms with Gasteiger partial charge in [-0.3, -0.25) is 4.79 Å². The van der Waals surface area contributed by atoms with Crippen molar-refractivity contribution in [3.05, 3.63) is 0 Å². The molecule has 2 atom stereocenters. The first-order valence-electron chi connectivity index (χ1n) is 6.99. The zero-order valence-corrected chi connectivity index (χ0v) is 11.8. The monoisotopic (exact) mass is 307 g/mol. The zero-order chi connectivity index (χ0) is 14.8. The van der Waals surface area contributed by atoms with Crippen LogP contribution in [0, 0.1) is 23.2 Å². The van der Waals surface area contributed by atoms with Crippen LogP contribution in [-0.2, 0) is 14.9 Å². The Hall–Kier alpha value is -0.560. The first kappa shape index (κ1) is 14.4. The highest BCUT2D eigenvalue weighted by Gasteiger charge is 2.55. The van der Waals surface area contributed by atoms with Crippen molar-refractivity contribution in [3.63, 3.8) is 0 Å². The molecule has 0 heterocycles. The molecule has 4 bridgehead atoms. The first-order valence-corrected chi connectivity index (χ1v) is 8.40. The molecule has 0 aromatic carbocycles. The lowest BCUT2D eigenvalue weighted by molar-refractivity contribution is -0.148. The van der Waals surface area contributed by atoms with Crippen molar-refractivity contribution in [2.45, 2.75) is 50.2 Å². The summed E-state index contributed by atoms with van der Waals surface area (Å²) in [6, 6.07) is 0. The number of carbonyl (C=O) groups is 1. The summed E-state index contributed by atoms with van der Waals surface area (Å²) in [5.74, 6) is 0.611. The molecule has 0 N–H and O–H groups in total. The van der Waals surface area contributed by atoms with Crippen LogP contribution in [0.5, 0.6) is 0 Å². The molecule has 7 heteroatoms. The van der Waals surface area contributed by atoms with E-state index >= 15 is 0 Å². The Labute approximate surface area is 116 Å². The van der Waals surface area contributed by atoms with Gasteiger partial charge < -0.3 is 4.55 Å². The standard InChI is InChI=1S/C13H18F2O4S/c14-13(15,20(17,18)19)2-1-12-5-8-3-9(6-12)11(16)10(4-8)7-12/h8-10H,1-7H2,(H,17,18,19)/p-1. The molecular formula is C13H17F2O4S-. The SMILES string of the molecule is O=C1C2CC3CC1CC(CCC(F)(F)S(=O)(=O)[O-])(C3)C2. The van der Waals surface area contributed by atoms with Crippen LogP contribution in [0.1, 0.15) is 44.9 Å². The molecular weight excluding hydrogens is 290 g/mol. The summed E-state index contributed by atoms with van der Waals surface area (Å²) in [7, 11) is -5.60. The summed E-state index contributed by atoms with van der Waals surface area (Å²) in [6.45, 7) is 0. The number of hydrogen-bond acceptors (Lipinski definition) is 4. The van der Waals surface area contributed by atoms with Gasteiger partial charge in [0.2, 0.25) is 0 Å². The van der Waals surface area contributed by atoms with Crippen LogP contribution < -0.4 is 0 Å². The van der Waals surface area contributed by atoms with Crippen LogP contribution in [0.2, 0.25) is 0 Å². The van der Waals surface area contributed by atoms with Crippen LogP contribution in [0.25, 0.3) is 0 Å². The maximum Gasteiger partial charge on any atom is 0.334 e. The van der Waals surface area contributed by atoms with Gasteiger partial charge in [-0.25, -0.2) is 8.42 Å². The second-order valence-corrected chi connectivity index (χ2v) is 8.34. The van der Waals surface area contributed by atoms with Crippen LogP contribution in [0.15, 0.2) is 0 Å². The van der Waals surface area contributed by atoms with Crippen molar-refractivity contribution in [3.8, 4) is 0 Å². The van der Waals surface area contributed by atoms with Crippen molar-refractivity contribution in [2.75, 3.05) is 0 Å². The van der Waals surface area contributed by atoms with E-state index in [1.54, 1.807) is 0 Å². The fraction of sp³-hybridized carbons (Fsp3) is 0.923. The average molecular weight is 307 g/mol. The Balaban J connectivity index is 1.74. The minimum atomic E-state index is -5.60. The van der Waals surface area contributed by atoms with Gasteiger partial charge in [-0.15, -0.1) is 0 Å². The van der Waals surface area contributed by atoms with Gasteiger partial charge in [0.15, 0.2) is 10.1 Å². The van der Waals surface area contributed by atoms with Crippen molar-refractivity contribution in [1.82, 2.24) is 0 Å². The van der Waals surface area contributed by atoms with Crippen LogP contribution in [0.3, 0.4) is 0 Å². The molecule has 0 aliphatic heterocycles. The number of ketones is 1. The van der Waals surface area contributed by atoms with Gasteiger partial charge in [0, 0.05) is 18.3 Å². The van der Waals surface area contributed by atoms with Crippen LogP contribution >= 0.6 is 0 Å². The molecule has 0 saturated heterocycles. The van der Waals surface area contributed by atoms with E-state index in [0.29, 0.717) is 18.8 Å². The molecule has 20 heavy (non-hydrogen) atoms. The fourth-order valence-electron chi connectivity index (χ4n) is 4.75. The third-order valence-corrected chi connectivity index (χ3v) is 6.37. The normalized spacial score (nSPS) is 40.4. The van der Waals surface area contributed by atoms with Crippen LogP contribution in [0.4, 0.5) is 8.78 Å². The Morgan fingerprint density at radius 1 is 1.20 bits per heavy atom. The summed E-state index contributed by atoms with van der Waals surface area (Å²) >= 11 is 0. The average Bonchev–Trinajstić information content (AvgIpc) is 2.31. The molecule has 2 unspecified atom stereocenters. The molecule has 4 nitrogen and oxygen atoms in total. The molecule has 4 saturated carbocycles. The van der Waals surface area contributed by atoms with E-state index in [9.17, 15) is 26.5 Å². The smallest absolute Gasteiger partial charge is 0.334 e. The lowest BCUT2D eigenvalue weighted by Crippen LogP contribution is -2.51. The number of hydrogen-bond donors (Lipinski definition) is 0. The van der Waals surface area contributed by atoms with Gasteiger partial charge >= 0.3 is 5.25 Å². The quantitative estimate of drug-likeness (QED) is 0.747. The third-order valence-electron chi connectivity index (χ3n) is 5.43.